The van der Waals surface area contributed by atoms with Gasteiger partial charge in [-0.25, -0.2) is 19.4 Å². The van der Waals surface area contributed by atoms with Gasteiger partial charge in [-0.2, -0.15) is 0 Å². The smallest absolute Gasteiger partial charge is 0.243 e. The van der Waals surface area contributed by atoms with Gasteiger partial charge in [0.15, 0.2) is 0 Å². The summed E-state index contributed by atoms with van der Waals surface area (Å²) in [6.45, 7) is 5.93. The van der Waals surface area contributed by atoms with Crippen LogP contribution >= 0.6 is 11.8 Å². The molecule has 0 saturated heterocycles. The average Bonchev–Trinajstić information content (AvgIpc) is 2.03. The Labute approximate surface area is 76.7 Å². The molecule has 0 saturated carbocycles. The topological polar surface area (TPSA) is 41.9 Å². The van der Waals surface area contributed by atoms with Crippen LogP contribution in [0.25, 0.3) is 0 Å². The highest BCUT2D eigenvalue weighted by Crippen LogP contribution is 2.20. The molecule has 1 aromatic rings. The summed E-state index contributed by atoms with van der Waals surface area (Å²) in [5, 5.41) is 0. The number of rotatable bonds is 1. The number of anilines is 1. The fourth-order valence-corrected chi connectivity index (χ4v) is 0.722. The summed E-state index contributed by atoms with van der Waals surface area (Å²) in [5.74, 6) is 0.471. The lowest BCUT2D eigenvalue weighted by atomic mass is 10.1. The molecule has 0 bridgehead atoms. The molecule has 0 aliphatic heterocycles. The second-order valence-electron chi connectivity index (χ2n) is 3.39. The minimum Gasteiger partial charge on any atom is -0.247 e. The zero-order valence-electron chi connectivity index (χ0n) is 7.32. The van der Waals surface area contributed by atoms with Crippen molar-refractivity contribution in [1.29, 1.82) is 0 Å². The lowest BCUT2D eigenvalue weighted by Gasteiger charge is -2.27. The summed E-state index contributed by atoms with van der Waals surface area (Å²) in [5.41, 5.74) is -0.192. The molecular formula is C7H11ClN4. The third-order valence-electron chi connectivity index (χ3n) is 1.24. The fourth-order valence-electron chi connectivity index (χ4n) is 0.634. The molecule has 1 heterocycles. The van der Waals surface area contributed by atoms with Gasteiger partial charge in [0.2, 0.25) is 5.95 Å². The molecule has 0 aromatic carbocycles. The monoisotopic (exact) mass is 186 g/mol. The zero-order chi connectivity index (χ0) is 9.19. The Bertz CT molecular complexity index is 243. The van der Waals surface area contributed by atoms with Gasteiger partial charge < -0.3 is 0 Å². The molecule has 0 N–H and O–H groups in total. The lowest BCUT2D eigenvalue weighted by molar-refractivity contribution is 0.574. The lowest BCUT2D eigenvalue weighted by Crippen LogP contribution is -2.34. The van der Waals surface area contributed by atoms with E-state index in [2.05, 4.69) is 15.0 Å². The SMILES string of the molecule is CC(C)(C)N(Cl)c1ncncn1. The molecule has 1 aromatic heterocycles. The molecule has 0 aliphatic rings. The zero-order valence-corrected chi connectivity index (χ0v) is 8.08. The van der Waals surface area contributed by atoms with Crippen molar-refractivity contribution in [3.05, 3.63) is 12.7 Å². The molecular weight excluding hydrogens is 176 g/mol. The molecule has 0 amide bonds. The Kier molecular flexibility index (Phi) is 2.47. The van der Waals surface area contributed by atoms with Crippen LogP contribution in [-0.4, -0.2) is 20.5 Å². The highest BCUT2D eigenvalue weighted by molar-refractivity contribution is 6.25. The molecule has 0 radical (unpaired) electrons. The third-order valence-corrected chi connectivity index (χ3v) is 1.90. The molecule has 66 valence electrons. The number of nitrogens with zero attached hydrogens (tertiary/aromatic N) is 4. The van der Waals surface area contributed by atoms with Gasteiger partial charge >= 0.3 is 0 Å². The van der Waals surface area contributed by atoms with Gasteiger partial charge in [0.1, 0.15) is 12.7 Å². The van der Waals surface area contributed by atoms with E-state index in [9.17, 15) is 0 Å². The van der Waals surface area contributed by atoms with Crippen LogP contribution < -0.4 is 4.42 Å². The highest BCUT2D eigenvalue weighted by Gasteiger charge is 2.21. The molecule has 1 rings (SSSR count). The van der Waals surface area contributed by atoms with Gasteiger partial charge in [-0.3, -0.25) is 0 Å². The second kappa shape index (κ2) is 3.23. The predicted molar refractivity (Wildman–Crippen MR) is 47.9 cm³/mol. The van der Waals surface area contributed by atoms with E-state index in [0.29, 0.717) is 5.95 Å². The molecule has 12 heavy (non-hydrogen) atoms. The van der Waals surface area contributed by atoms with Crippen molar-refractivity contribution in [3.8, 4) is 0 Å². The van der Waals surface area contributed by atoms with Gasteiger partial charge in [0.25, 0.3) is 0 Å². The Morgan fingerprint density at radius 2 is 1.75 bits per heavy atom. The Balaban J connectivity index is 2.86. The normalized spacial score (nSPS) is 11.3. The largest absolute Gasteiger partial charge is 0.247 e. The Morgan fingerprint density at radius 3 is 2.17 bits per heavy atom. The first kappa shape index (κ1) is 9.19. The van der Waals surface area contributed by atoms with Crippen LogP contribution in [0.2, 0.25) is 0 Å². The summed E-state index contributed by atoms with van der Waals surface area (Å²) >= 11 is 5.96. The van der Waals surface area contributed by atoms with E-state index < -0.39 is 0 Å². The van der Waals surface area contributed by atoms with Crippen molar-refractivity contribution in [2.45, 2.75) is 26.3 Å². The average molecular weight is 187 g/mol. The van der Waals surface area contributed by atoms with Crippen LogP contribution in [0.3, 0.4) is 0 Å². The Morgan fingerprint density at radius 1 is 1.25 bits per heavy atom. The van der Waals surface area contributed by atoms with Crippen molar-refractivity contribution in [2.24, 2.45) is 0 Å². The van der Waals surface area contributed by atoms with E-state index >= 15 is 0 Å². The van der Waals surface area contributed by atoms with Gasteiger partial charge in [0, 0.05) is 11.8 Å². The van der Waals surface area contributed by atoms with Gasteiger partial charge in [-0.15, -0.1) is 0 Å². The standard InChI is InChI=1S/C7H11ClN4/c1-7(2,3)12(8)6-10-4-9-5-11-6/h4-5H,1-3H3. The van der Waals surface area contributed by atoms with Gasteiger partial charge in [-0.05, 0) is 20.8 Å². The van der Waals surface area contributed by atoms with Gasteiger partial charge in [-0.1, -0.05) is 0 Å². The first-order valence-corrected chi connectivity index (χ1v) is 3.93. The molecule has 0 fully saturated rings. The molecule has 0 atom stereocenters. The van der Waals surface area contributed by atoms with E-state index in [1.165, 1.54) is 17.1 Å². The predicted octanol–water partition coefficient (Wildman–Crippen LogP) is 1.63. The minimum atomic E-state index is -0.192. The van der Waals surface area contributed by atoms with Crippen LogP contribution in [0.15, 0.2) is 12.7 Å². The van der Waals surface area contributed by atoms with Crippen molar-refractivity contribution >= 4 is 17.7 Å². The first-order chi connectivity index (χ1) is 5.52. The van der Waals surface area contributed by atoms with Crippen LogP contribution in [0, 0.1) is 0 Å². The molecule has 5 heteroatoms. The second-order valence-corrected chi connectivity index (χ2v) is 3.73. The molecule has 0 spiro atoms. The van der Waals surface area contributed by atoms with E-state index in [-0.39, 0.29) is 5.54 Å². The Hall–Kier alpha value is -0.900. The fraction of sp³-hybridized carbons (Fsp3) is 0.571. The third kappa shape index (κ3) is 2.04. The van der Waals surface area contributed by atoms with E-state index in [1.807, 2.05) is 20.8 Å². The maximum Gasteiger partial charge on any atom is 0.243 e. The number of hydrogen-bond acceptors (Lipinski definition) is 4. The van der Waals surface area contributed by atoms with E-state index in [4.69, 9.17) is 11.8 Å². The maximum atomic E-state index is 5.96. The quantitative estimate of drug-likeness (QED) is 0.626. The summed E-state index contributed by atoms with van der Waals surface area (Å²) < 4.78 is 1.48. The van der Waals surface area contributed by atoms with Crippen LogP contribution in [0.5, 0.6) is 0 Å². The van der Waals surface area contributed by atoms with Crippen LogP contribution in [0.4, 0.5) is 5.95 Å². The van der Waals surface area contributed by atoms with E-state index in [1.54, 1.807) is 0 Å². The van der Waals surface area contributed by atoms with Gasteiger partial charge in [0.05, 0.1) is 5.54 Å². The molecule has 0 unspecified atom stereocenters. The van der Waals surface area contributed by atoms with E-state index in [0.717, 1.165) is 0 Å². The molecule has 4 nitrogen and oxygen atoms in total. The van der Waals surface area contributed by atoms with Crippen molar-refractivity contribution in [2.75, 3.05) is 4.42 Å². The number of aromatic nitrogens is 3. The highest BCUT2D eigenvalue weighted by atomic mass is 35.5. The summed E-state index contributed by atoms with van der Waals surface area (Å²) in [7, 11) is 0. The number of hydrogen-bond donors (Lipinski definition) is 0. The minimum absolute atomic E-state index is 0.192. The molecule has 0 aliphatic carbocycles. The van der Waals surface area contributed by atoms with Crippen molar-refractivity contribution < 1.29 is 0 Å². The maximum absolute atomic E-state index is 5.96. The van der Waals surface area contributed by atoms with Crippen LogP contribution in [0.1, 0.15) is 20.8 Å². The van der Waals surface area contributed by atoms with Crippen molar-refractivity contribution in [1.82, 2.24) is 15.0 Å². The first-order valence-electron chi connectivity index (χ1n) is 3.60. The number of halogens is 1. The van der Waals surface area contributed by atoms with Crippen molar-refractivity contribution in [3.63, 3.8) is 0 Å². The summed E-state index contributed by atoms with van der Waals surface area (Å²) in [6, 6.07) is 0. The van der Waals surface area contributed by atoms with Crippen LogP contribution in [-0.2, 0) is 0 Å². The summed E-state index contributed by atoms with van der Waals surface area (Å²) in [6.07, 6.45) is 2.84. The summed E-state index contributed by atoms with van der Waals surface area (Å²) in [4.78, 5) is 11.5.